The second-order valence-electron chi connectivity index (χ2n) is 17.1. The Morgan fingerprint density at radius 1 is 0.354 bits per heavy atom. The van der Waals surface area contributed by atoms with E-state index in [1.807, 2.05) is 0 Å². The molecule has 310 valence electrons. The Morgan fingerprint density at radius 3 is 1.26 bits per heavy atom. The lowest BCUT2D eigenvalue weighted by atomic mass is 9.86. The SMILES string of the molecule is CC1CC(N(c2ccccc2)c2ccc3c(c2)c2ccccc2n3-c2ccccc2)=CC=C1c1ccc(N(c2ccccc2)c2ccc3c(c2)c2ccccc2n3-c2ccccc2)cc1. The van der Waals surface area contributed by atoms with Crippen molar-refractivity contribution in [3.05, 3.63) is 254 Å². The van der Waals surface area contributed by atoms with Gasteiger partial charge >= 0.3 is 0 Å². The molecule has 0 aliphatic heterocycles. The molecule has 0 amide bonds. The molecule has 4 heteroatoms. The molecular formula is C61H46N4. The number of benzene rings is 9. The zero-order valence-electron chi connectivity index (χ0n) is 36.2. The van der Waals surface area contributed by atoms with Crippen LogP contribution in [0.15, 0.2) is 248 Å². The van der Waals surface area contributed by atoms with Crippen molar-refractivity contribution in [3.8, 4) is 11.4 Å². The van der Waals surface area contributed by atoms with E-state index in [0.717, 1.165) is 40.5 Å². The van der Waals surface area contributed by atoms with E-state index in [1.165, 1.54) is 66.1 Å². The average molecular weight is 835 g/mol. The van der Waals surface area contributed by atoms with Gasteiger partial charge in [0.15, 0.2) is 0 Å². The topological polar surface area (TPSA) is 16.3 Å². The highest BCUT2D eigenvalue weighted by atomic mass is 15.2. The molecule has 2 heterocycles. The first-order chi connectivity index (χ1) is 32.2. The highest BCUT2D eigenvalue weighted by molar-refractivity contribution is 6.12. The fourth-order valence-corrected chi connectivity index (χ4v) is 10.2. The highest BCUT2D eigenvalue weighted by Gasteiger charge is 2.25. The molecule has 0 N–H and O–H groups in total. The van der Waals surface area contributed by atoms with Crippen molar-refractivity contribution >= 4 is 77.6 Å². The molecule has 4 nitrogen and oxygen atoms in total. The van der Waals surface area contributed by atoms with Gasteiger partial charge in [0.05, 0.1) is 22.1 Å². The van der Waals surface area contributed by atoms with Crippen molar-refractivity contribution in [3.63, 3.8) is 0 Å². The Labute approximate surface area is 379 Å². The fraction of sp³-hybridized carbons (Fsp3) is 0.0492. The van der Waals surface area contributed by atoms with Crippen molar-refractivity contribution in [2.75, 3.05) is 9.80 Å². The second kappa shape index (κ2) is 16.1. The lowest BCUT2D eigenvalue weighted by Gasteiger charge is -2.32. The molecule has 65 heavy (non-hydrogen) atoms. The van der Waals surface area contributed by atoms with Gasteiger partial charge in [-0.15, -0.1) is 0 Å². The van der Waals surface area contributed by atoms with E-state index in [9.17, 15) is 0 Å². The van der Waals surface area contributed by atoms with Crippen molar-refractivity contribution < 1.29 is 0 Å². The quantitative estimate of drug-likeness (QED) is 0.144. The summed E-state index contributed by atoms with van der Waals surface area (Å²) < 4.78 is 4.76. The summed E-state index contributed by atoms with van der Waals surface area (Å²) in [5, 5.41) is 4.96. The van der Waals surface area contributed by atoms with Crippen molar-refractivity contribution in [2.45, 2.75) is 13.3 Å². The predicted molar refractivity (Wildman–Crippen MR) is 275 cm³/mol. The normalized spacial score (nSPS) is 13.9. The van der Waals surface area contributed by atoms with Gasteiger partial charge in [-0.05, 0) is 139 Å². The predicted octanol–water partition coefficient (Wildman–Crippen LogP) is 16.5. The third-order valence-corrected chi connectivity index (χ3v) is 13.1. The van der Waals surface area contributed by atoms with Crippen LogP contribution in [0.4, 0.5) is 28.4 Å². The van der Waals surface area contributed by atoms with Gasteiger partial charge in [0.25, 0.3) is 0 Å². The zero-order valence-corrected chi connectivity index (χ0v) is 36.2. The first kappa shape index (κ1) is 38.3. The zero-order chi connectivity index (χ0) is 43.3. The van der Waals surface area contributed by atoms with Gasteiger partial charge in [0, 0.05) is 67.1 Å². The number of para-hydroxylation sites is 6. The first-order valence-corrected chi connectivity index (χ1v) is 22.6. The molecule has 0 fully saturated rings. The summed E-state index contributed by atoms with van der Waals surface area (Å²) >= 11 is 0. The molecule has 1 aliphatic rings. The molecule has 0 bridgehead atoms. The summed E-state index contributed by atoms with van der Waals surface area (Å²) in [6.07, 6.45) is 5.59. The summed E-state index contributed by atoms with van der Waals surface area (Å²) in [6.45, 7) is 2.37. The van der Waals surface area contributed by atoms with Gasteiger partial charge in [0.1, 0.15) is 0 Å². The van der Waals surface area contributed by atoms with Crippen LogP contribution in [-0.4, -0.2) is 9.13 Å². The van der Waals surface area contributed by atoms with E-state index in [4.69, 9.17) is 0 Å². The van der Waals surface area contributed by atoms with Gasteiger partial charge < -0.3 is 18.9 Å². The van der Waals surface area contributed by atoms with Gasteiger partial charge in [-0.1, -0.05) is 134 Å². The standard InChI is InChI=1S/C61H46N4/c1-43-40-50(63(46-20-8-3-9-21-46)52-36-39-61-57(42-52)55-27-15-17-29-59(55)65(61)48-24-12-5-13-25-48)34-37-53(43)44-30-32-49(33-31-44)62(45-18-6-2-7-19-45)51-35-38-60-56(41-51)54-26-14-16-28-58(54)64(60)47-22-10-4-11-23-47/h2-39,41-43H,40H2,1H3. The molecule has 1 atom stereocenters. The number of rotatable bonds is 9. The van der Waals surface area contributed by atoms with E-state index in [2.05, 4.69) is 269 Å². The Morgan fingerprint density at radius 2 is 0.754 bits per heavy atom. The summed E-state index contributed by atoms with van der Waals surface area (Å²) in [4.78, 5) is 4.83. The van der Waals surface area contributed by atoms with Crippen molar-refractivity contribution in [2.24, 2.45) is 5.92 Å². The average Bonchev–Trinajstić information content (AvgIpc) is 3.88. The van der Waals surface area contributed by atoms with E-state index in [1.54, 1.807) is 0 Å². The molecule has 2 aromatic heterocycles. The number of nitrogens with zero attached hydrogens (tertiary/aromatic N) is 4. The smallest absolute Gasteiger partial charge is 0.0542 e. The molecule has 11 aromatic rings. The number of aromatic nitrogens is 2. The summed E-state index contributed by atoms with van der Waals surface area (Å²) in [7, 11) is 0. The lowest BCUT2D eigenvalue weighted by Crippen LogP contribution is -2.20. The van der Waals surface area contributed by atoms with Gasteiger partial charge in [-0.2, -0.15) is 0 Å². The molecule has 0 spiro atoms. The minimum absolute atomic E-state index is 0.297. The number of hydrogen-bond donors (Lipinski definition) is 0. The summed E-state index contributed by atoms with van der Waals surface area (Å²) in [5.41, 5.74) is 16.7. The monoisotopic (exact) mass is 834 g/mol. The second-order valence-corrected chi connectivity index (χ2v) is 17.1. The van der Waals surface area contributed by atoms with Crippen LogP contribution in [0.5, 0.6) is 0 Å². The Kier molecular flexibility index (Phi) is 9.49. The maximum Gasteiger partial charge on any atom is 0.0542 e. The van der Waals surface area contributed by atoms with Crippen molar-refractivity contribution in [1.29, 1.82) is 0 Å². The Balaban J connectivity index is 0.911. The number of allylic oxidation sites excluding steroid dienone is 4. The van der Waals surface area contributed by atoms with E-state index >= 15 is 0 Å². The van der Waals surface area contributed by atoms with E-state index < -0.39 is 0 Å². The van der Waals surface area contributed by atoms with Crippen LogP contribution in [0, 0.1) is 5.92 Å². The van der Waals surface area contributed by atoms with Crippen LogP contribution < -0.4 is 9.80 Å². The third-order valence-electron chi connectivity index (χ3n) is 13.1. The molecule has 1 aliphatic carbocycles. The number of hydrogen-bond acceptors (Lipinski definition) is 2. The molecular weight excluding hydrogens is 789 g/mol. The van der Waals surface area contributed by atoms with Crippen LogP contribution in [0.2, 0.25) is 0 Å². The molecule has 0 saturated heterocycles. The maximum atomic E-state index is 2.45. The first-order valence-electron chi connectivity index (χ1n) is 22.6. The molecule has 9 aromatic carbocycles. The summed E-state index contributed by atoms with van der Waals surface area (Å²) in [5.74, 6) is 0.297. The van der Waals surface area contributed by atoms with Crippen LogP contribution in [0.25, 0.3) is 60.6 Å². The van der Waals surface area contributed by atoms with E-state index in [-0.39, 0.29) is 0 Å². The lowest BCUT2D eigenvalue weighted by molar-refractivity contribution is 0.715. The third kappa shape index (κ3) is 6.70. The Hall–Kier alpha value is -8.34. The minimum Gasteiger partial charge on any atom is -0.314 e. The molecule has 12 rings (SSSR count). The number of fused-ring (bicyclic) bond motifs is 6. The van der Waals surface area contributed by atoms with E-state index in [0.29, 0.717) is 5.92 Å². The minimum atomic E-state index is 0.297. The Bertz CT molecular complexity index is 3560. The fourth-order valence-electron chi connectivity index (χ4n) is 10.2. The maximum absolute atomic E-state index is 2.45. The van der Waals surface area contributed by atoms with Crippen molar-refractivity contribution in [1.82, 2.24) is 9.13 Å². The van der Waals surface area contributed by atoms with Crippen LogP contribution in [-0.2, 0) is 0 Å². The largest absolute Gasteiger partial charge is 0.314 e. The highest BCUT2D eigenvalue weighted by Crippen LogP contribution is 2.44. The van der Waals surface area contributed by atoms with Gasteiger partial charge in [0.2, 0.25) is 0 Å². The van der Waals surface area contributed by atoms with Crippen LogP contribution in [0.1, 0.15) is 18.9 Å². The molecule has 0 radical (unpaired) electrons. The van der Waals surface area contributed by atoms with Gasteiger partial charge in [-0.25, -0.2) is 0 Å². The van der Waals surface area contributed by atoms with Crippen LogP contribution in [0.3, 0.4) is 0 Å². The summed E-state index contributed by atoms with van der Waals surface area (Å²) in [6, 6.07) is 83.4. The van der Waals surface area contributed by atoms with Crippen LogP contribution >= 0.6 is 0 Å². The molecule has 1 unspecified atom stereocenters. The number of anilines is 5. The van der Waals surface area contributed by atoms with Gasteiger partial charge in [-0.3, -0.25) is 0 Å². The molecule has 0 saturated carbocycles.